The lowest BCUT2D eigenvalue weighted by Gasteiger charge is -2.29. The average molecular weight is 939 g/mol. The van der Waals surface area contributed by atoms with Gasteiger partial charge >= 0.3 is 12.1 Å². The normalized spacial score (nSPS) is 14.5. The number of nitrogens with one attached hydrogen (secondary N) is 4. The fourth-order valence-corrected chi connectivity index (χ4v) is 8.62. The van der Waals surface area contributed by atoms with Gasteiger partial charge in [-0.2, -0.15) is 0 Å². The van der Waals surface area contributed by atoms with Crippen LogP contribution in [0.3, 0.4) is 0 Å². The van der Waals surface area contributed by atoms with Gasteiger partial charge in [0, 0.05) is 80.2 Å². The summed E-state index contributed by atoms with van der Waals surface area (Å²) in [6.45, 7) is 9.40. The summed E-state index contributed by atoms with van der Waals surface area (Å²) in [5, 5.41) is 27.1. The number of amides is 1. The number of alkyl halides is 2. The number of carboxylic acid groups (broad SMARTS) is 1. The number of aromatic nitrogens is 3. The van der Waals surface area contributed by atoms with Gasteiger partial charge in [0.05, 0.1) is 31.0 Å². The van der Waals surface area contributed by atoms with Crippen LogP contribution in [0.4, 0.5) is 36.5 Å². The predicted molar refractivity (Wildman–Crippen MR) is 260 cm³/mol. The van der Waals surface area contributed by atoms with Crippen LogP contribution in [0.1, 0.15) is 107 Å². The summed E-state index contributed by atoms with van der Waals surface area (Å²) in [5.74, 6) is 0.218. The molecule has 3 aromatic carbocycles. The lowest BCUT2D eigenvalue weighted by molar-refractivity contribution is -0.138. The number of pyridine rings is 1. The molecule has 364 valence electrons. The molecule has 1 saturated heterocycles. The Morgan fingerprint density at radius 2 is 1.63 bits per heavy atom. The van der Waals surface area contributed by atoms with Crippen molar-refractivity contribution >= 4 is 52.2 Å². The summed E-state index contributed by atoms with van der Waals surface area (Å²) >= 11 is 0. The van der Waals surface area contributed by atoms with Gasteiger partial charge in [0.2, 0.25) is 0 Å². The smallest absolute Gasteiger partial charge is 0.420 e. The van der Waals surface area contributed by atoms with E-state index in [1.165, 1.54) is 30.4 Å². The predicted octanol–water partition coefficient (Wildman–Crippen LogP) is 10.8. The summed E-state index contributed by atoms with van der Waals surface area (Å²) in [6.07, 6.45) is 7.26. The Morgan fingerprint density at radius 3 is 2.25 bits per heavy atom. The minimum absolute atomic E-state index is 0.141. The molecule has 2 aromatic heterocycles. The first kappa shape index (κ1) is 51.1. The zero-order valence-electron chi connectivity index (χ0n) is 40.0. The molecule has 2 aliphatic rings. The van der Waals surface area contributed by atoms with Gasteiger partial charge in [0.25, 0.3) is 6.43 Å². The van der Waals surface area contributed by atoms with Gasteiger partial charge in [0.15, 0.2) is 11.6 Å². The van der Waals surface area contributed by atoms with E-state index in [2.05, 4.69) is 30.9 Å². The monoisotopic (exact) mass is 938 g/mol. The number of halogens is 2. The van der Waals surface area contributed by atoms with Gasteiger partial charge in [-0.15, -0.1) is 0 Å². The molecule has 0 atom stereocenters. The minimum Gasteiger partial charge on any atom is -0.496 e. The zero-order valence-corrected chi connectivity index (χ0v) is 40.0. The van der Waals surface area contributed by atoms with Gasteiger partial charge in [-0.25, -0.2) is 28.4 Å². The van der Waals surface area contributed by atoms with Crippen LogP contribution in [0, 0.1) is 18.3 Å². The standard InChI is InChI=1S/C43H50F2N8O5.C8H14O2/c1-25-29(30-11-8-12-33(31(30)21-46)50-28-19-36(55-6)32(37(20-28)56-7)24-48-27-14-16-57-17-15-27)10-9-13-35(25)53(42(54)58-43(2,3)4)41-38-34(51-40(52-41)39(44)45)18-26(22-47-5)23-49-38;9-8(10)6-7-4-2-1-3-5-7/h8-13,18-21,23,27,39,46-48,50H,14-17,22,24H2,1-7H3;7H,1-6H2,(H,9,10). The van der Waals surface area contributed by atoms with Crippen molar-refractivity contribution in [1.82, 2.24) is 25.6 Å². The third-order valence-electron chi connectivity index (χ3n) is 11.9. The Kier molecular flexibility index (Phi) is 17.8. The van der Waals surface area contributed by atoms with Crippen molar-refractivity contribution in [2.24, 2.45) is 5.92 Å². The highest BCUT2D eigenvalue weighted by molar-refractivity contribution is 6.04. The number of aliphatic carboxylic acids is 1. The molecule has 15 nitrogen and oxygen atoms in total. The second kappa shape index (κ2) is 23.6. The van der Waals surface area contributed by atoms with E-state index in [1.54, 1.807) is 66.4 Å². The summed E-state index contributed by atoms with van der Waals surface area (Å²) < 4.78 is 51.8. The number of carbonyl (C=O) groups excluding carboxylic acids is 1. The van der Waals surface area contributed by atoms with Crippen LogP contribution in [0.25, 0.3) is 22.2 Å². The molecule has 5 N–H and O–H groups in total. The molecule has 0 spiro atoms. The van der Waals surface area contributed by atoms with Crippen molar-refractivity contribution in [1.29, 1.82) is 5.41 Å². The number of hydrogen-bond donors (Lipinski definition) is 5. The Labute approximate surface area is 396 Å². The van der Waals surface area contributed by atoms with E-state index in [4.69, 9.17) is 29.5 Å². The SMILES string of the molecule is CNCc1cnc2c(N(C(=O)OC(C)(C)C)c3cccc(-c4cccc(Nc5cc(OC)c(CNC6CCOCC6)c(OC)c5)c4C=N)c3C)nc(C(F)F)nc2c1.O=C(O)CC1CCCCC1. The molecule has 17 heteroatoms. The van der Waals surface area contributed by atoms with Gasteiger partial charge in [-0.3, -0.25) is 9.78 Å². The summed E-state index contributed by atoms with van der Waals surface area (Å²) in [5.41, 5.74) is 5.08. The summed E-state index contributed by atoms with van der Waals surface area (Å²) in [7, 11) is 4.99. The minimum atomic E-state index is -3.03. The Morgan fingerprint density at radius 1 is 0.956 bits per heavy atom. The van der Waals surface area contributed by atoms with E-state index >= 15 is 0 Å². The highest BCUT2D eigenvalue weighted by Gasteiger charge is 2.32. The molecular weight excluding hydrogens is 875 g/mol. The van der Waals surface area contributed by atoms with Crippen molar-refractivity contribution in [2.75, 3.05) is 44.7 Å². The maximum absolute atomic E-state index is 14.4. The van der Waals surface area contributed by atoms with Gasteiger partial charge < -0.3 is 45.4 Å². The van der Waals surface area contributed by atoms with E-state index in [-0.39, 0.29) is 16.9 Å². The number of anilines is 4. The number of rotatable bonds is 16. The molecule has 1 amide bonds. The number of carboxylic acids is 1. The largest absolute Gasteiger partial charge is 0.496 e. The van der Waals surface area contributed by atoms with Crippen LogP contribution in [0.15, 0.2) is 60.8 Å². The maximum atomic E-state index is 14.4. The first-order valence-corrected chi connectivity index (χ1v) is 23.0. The molecule has 5 aromatic rings. The average Bonchev–Trinajstić information content (AvgIpc) is 3.31. The molecule has 2 fully saturated rings. The molecule has 1 aliphatic carbocycles. The quantitative estimate of drug-likeness (QED) is 0.0587. The van der Waals surface area contributed by atoms with Crippen LogP contribution in [0.5, 0.6) is 11.5 Å². The Balaban J connectivity index is 0.000000675. The van der Waals surface area contributed by atoms with Crippen LogP contribution in [-0.2, 0) is 27.4 Å². The molecule has 0 radical (unpaired) electrons. The van der Waals surface area contributed by atoms with E-state index in [9.17, 15) is 18.4 Å². The molecule has 1 aliphatic heterocycles. The molecule has 68 heavy (non-hydrogen) atoms. The van der Waals surface area contributed by atoms with Gasteiger partial charge in [0.1, 0.15) is 22.6 Å². The first-order valence-electron chi connectivity index (χ1n) is 23.0. The lowest BCUT2D eigenvalue weighted by atomic mass is 9.87. The number of benzene rings is 3. The van der Waals surface area contributed by atoms with Crippen molar-refractivity contribution in [3.63, 3.8) is 0 Å². The van der Waals surface area contributed by atoms with Crippen molar-refractivity contribution < 1.29 is 42.4 Å². The molecule has 3 heterocycles. The van der Waals surface area contributed by atoms with Crippen molar-refractivity contribution in [3.8, 4) is 22.6 Å². The number of methoxy groups -OCH3 is 2. The third-order valence-corrected chi connectivity index (χ3v) is 11.9. The van der Waals surface area contributed by atoms with Gasteiger partial charge in [-0.1, -0.05) is 43.5 Å². The molecule has 1 saturated carbocycles. The second-order valence-corrected chi connectivity index (χ2v) is 18.0. The molecular formula is C51H64F2N8O7. The summed E-state index contributed by atoms with van der Waals surface area (Å²) in [4.78, 5) is 38.6. The first-order chi connectivity index (χ1) is 32.6. The molecule has 0 bridgehead atoms. The van der Waals surface area contributed by atoms with Crippen molar-refractivity contribution in [3.05, 3.63) is 88.9 Å². The third kappa shape index (κ3) is 13.0. The number of ether oxygens (including phenoxy) is 4. The van der Waals surface area contributed by atoms with Crippen LogP contribution in [-0.4, -0.2) is 84.5 Å². The van der Waals surface area contributed by atoms with Crippen LogP contribution in [0.2, 0.25) is 0 Å². The van der Waals surface area contributed by atoms with E-state index in [0.717, 1.165) is 44.5 Å². The number of carbonyl (C=O) groups is 2. The van der Waals surface area contributed by atoms with E-state index in [0.29, 0.717) is 87.8 Å². The Hall–Kier alpha value is -6.30. The molecule has 7 rings (SSSR count). The van der Waals surface area contributed by atoms with E-state index in [1.807, 2.05) is 43.3 Å². The second-order valence-electron chi connectivity index (χ2n) is 18.0. The highest BCUT2D eigenvalue weighted by Crippen LogP contribution is 2.41. The van der Waals surface area contributed by atoms with Crippen LogP contribution < -0.4 is 30.3 Å². The number of fused-ring (bicyclic) bond motifs is 1. The summed E-state index contributed by atoms with van der Waals surface area (Å²) in [6, 6.07) is 16.7. The fraction of sp³-hybridized carbons (Fsp3) is 0.451. The van der Waals surface area contributed by atoms with Crippen LogP contribution >= 0.6 is 0 Å². The van der Waals surface area contributed by atoms with E-state index < -0.39 is 29.9 Å². The fourth-order valence-electron chi connectivity index (χ4n) is 8.62. The topological polar surface area (TPSA) is 193 Å². The van der Waals surface area contributed by atoms with Crippen molar-refractivity contribution in [2.45, 2.75) is 110 Å². The molecule has 0 unspecified atom stereocenters. The number of nitrogens with zero attached hydrogens (tertiary/aromatic N) is 4. The Bertz CT molecular complexity index is 2520. The lowest BCUT2D eigenvalue weighted by Crippen LogP contribution is -2.35. The van der Waals surface area contributed by atoms with Gasteiger partial charge in [-0.05, 0) is 107 Å². The number of hydrogen-bond acceptors (Lipinski definition) is 13. The zero-order chi connectivity index (χ0) is 49.0. The maximum Gasteiger partial charge on any atom is 0.420 e. The highest BCUT2D eigenvalue weighted by atomic mass is 19.3.